The average Bonchev–Trinajstić information content (AvgIpc) is 3.06. The molecular formula is C28H32N4O4S. The van der Waals surface area contributed by atoms with Crippen molar-refractivity contribution in [2.45, 2.75) is 42.7 Å². The number of piperidine rings is 1. The molecule has 0 radical (unpaired) electrons. The zero-order valence-electron chi connectivity index (χ0n) is 21.1. The van der Waals surface area contributed by atoms with Gasteiger partial charge >= 0.3 is 0 Å². The zero-order valence-corrected chi connectivity index (χ0v) is 21.9. The van der Waals surface area contributed by atoms with Gasteiger partial charge in [0.25, 0.3) is 5.69 Å². The van der Waals surface area contributed by atoms with Crippen molar-refractivity contribution in [3.8, 4) is 0 Å². The number of nitro groups is 1. The molecule has 1 aliphatic carbocycles. The number of rotatable bonds is 6. The van der Waals surface area contributed by atoms with Crippen molar-refractivity contribution in [3.63, 3.8) is 0 Å². The molecule has 3 aromatic carbocycles. The summed E-state index contributed by atoms with van der Waals surface area (Å²) in [6.45, 7) is 1.63. The summed E-state index contributed by atoms with van der Waals surface area (Å²) in [5.74, 6) is 0. The summed E-state index contributed by atoms with van der Waals surface area (Å²) in [6, 6.07) is 20.0. The highest BCUT2D eigenvalue weighted by Gasteiger charge is 2.32. The molecule has 1 N–H and O–H groups in total. The summed E-state index contributed by atoms with van der Waals surface area (Å²) in [5, 5.41) is 15.6. The predicted octanol–water partition coefficient (Wildman–Crippen LogP) is 4.61. The first-order valence-electron chi connectivity index (χ1n) is 12.6. The van der Waals surface area contributed by atoms with E-state index in [1.165, 1.54) is 33.6 Å². The minimum Gasteiger partial charge on any atom is -0.369 e. The fourth-order valence-corrected chi connectivity index (χ4v) is 6.94. The highest BCUT2D eigenvalue weighted by molar-refractivity contribution is 7.89. The number of nitrogens with one attached hydrogen (secondary N) is 1. The van der Waals surface area contributed by atoms with E-state index in [0.717, 1.165) is 49.9 Å². The second-order valence-corrected chi connectivity index (χ2v) is 12.0. The fourth-order valence-electron chi connectivity index (χ4n) is 5.50. The Hall–Kier alpha value is -3.27. The number of benzene rings is 3. The van der Waals surface area contributed by atoms with Crippen molar-refractivity contribution in [1.29, 1.82) is 0 Å². The van der Waals surface area contributed by atoms with E-state index in [2.05, 4.69) is 34.5 Å². The van der Waals surface area contributed by atoms with Crippen molar-refractivity contribution in [2.24, 2.45) is 0 Å². The molecule has 0 aromatic heterocycles. The van der Waals surface area contributed by atoms with Gasteiger partial charge in [-0.05, 0) is 80.2 Å². The summed E-state index contributed by atoms with van der Waals surface area (Å²) in [7, 11) is -0.292. The molecule has 1 fully saturated rings. The van der Waals surface area contributed by atoms with Crippen LogP contribution in [0.1, 0.15) is 41.1 Å². The number of sulfonamides is 1. The van der Waals surface area contributed by atoms with Crippen molar-refractivity contribution >= 4 is 21.4 Å². The number of hydrogen-bond donors (Lipinski definition) is 1. The number of fused-ring (bicyclic) bond motifs is 2. The lowest BCUT2D eigenvalue weighted by molar-refractivity contribution is -0.384. The smallest absolute Gasteiger partial charge is 0.293 e. The Morgan fingerprint density at radius 2 is 1.51 bits per heavy atom. The summed E-state index contributed by atoms with van der Waals surface area (Å²) in [6.07, 6.45) is 3.23. The van der Waals surface area contributed by atoms with E-state index in [-0.39, 0.29) is 22.7 Å². The largest absolute Gasteiger partial charge is 0.369 e. The van der Waals surface area contributed by atoms with Gasteiger partial charge in [0.05, 0.1) is 15.9 Å². The quantitative estimate of drug-likeness (QED) is 0.377. The third kappa shape index (κ3) is 4.99. The van der Waals surface area contributed by atoms with E-state index in [9.17, 15) is 18.5 Å². The van der Waals surface area contributed by atoms with Crippen LogP contribution in [-0.2, 0) is 22.9 Å². The average molecular weight is 521 g/mol. The van der Waals surface area contributed by atoms with Gasteiger partial charge in [0, 0.05) is 19.2 Å². The molecule has 0 spiro atoms. The van der Waals surface area contributed by atoms with Gasteiger partial charge in [-0.15, -0.1) is 0 Å². The Morgan fingerprint density at radius 1 is 0.946 bits per heavy atom. The van der Waals surface area contributed by atoms with Crippen LogP contribution in [0.3, 0.4) is 0 Å². The molecule has 2 aliphatic rings. The van der Waals surface area contributed by atoms with Gasteiger partial charge in [0.15, 0.2) is 0 Å². The van der Waals surface area contributed by atoms with Crippen molar-refractivity contribution in [2.75, 3.05) is 32.5 Å². The lowest BCUT2D eigenvalue weighted by atomic mass is 9.94. The Morgan fingerprint density at radius 3 is 2.08 bits per heavy atom. The van der Waals surface area contributed by atoms with E-state index >= 15 is 0 Å². The third-order valence-electron chi connectivity index (χ3n) is 7.74. The lowest BCUT2D eigenvalue weighted by Crippen LogP contribution is -2.44. The number of hydrogen-bond acceptors (Lipinski definition) is 6. The van der Waals surface area contributed by atoms with Crippen LogP contribution in [0.15, 0.2) is 71.6 Å². The molecule has 0 amide bonds. The lowest BCUT2D eigenvalue weighted by Gasteiger charge is -2.34. The highest BCUT2D eigenvalue weighted by Crippen LogP contribution is 2.38. The number of anilines is 1. The molecule has 0 saturated carbocycles. The van der Waals surface area contributed by atoms with Crippen LogP contribution in [0.25, 0.3) is 0 Å². The topological polar surface area (TPSA) is 95.8 Å². The fraction of sp³-hybridized carbons (Fsp3) is 0.357. The van der Waals surface area contributed by atoms with Crippen molar-refractivity contribution < 1.29 is 13.3 Å². The number of aryl methyl sites for hydroxylation is 2. The normalized spacial score (nSPS) is 17.2. The van der Waals surface area contributed by atoms with Gasteiger partial charge in [-0.1, -0.05) is 48.5 Å². The first kappa shape index (κ1) is 25.4. The van der Waals surface area contributed by atoms with Crippen LogP contribution in [0.4, 0.5) is 11.4 Å². The molecule has 1 heterocycles. The molecule has 0 unspecified atom stereocenters. The molecule has 37 heavy (non-hydrogen) atoms. The Kier molecular flexibility index (Phi) is 7.02. The van der Waals surface area contributed by atoms with Crippen LogP contribution in [-0.4, -0.2) is 55.8 Å². The van der Waals surface area contributed by atoms with E-state index in [0.29, 0.717) is 5.69 Å². The highest BCUT2D eigenvalue weighted by atomic mass is 32.2. The van der Waals surface area contributed by atoms with Crippen LogP contribution in [0, 0.1) is 10.1 Å². The Bertz CT molecular complexity index is 1370. The maximum Gasteiger partial charge on any atom is 0.293 e. The number of likely N-dealkylation sites (tertiary alicyclic amines) is 1. The predicted molar refractivity (Wildman–Crippen MR) is 144 cm³/mol. The van der Waals surface area contributed by atoms with Gasteiger partial charge < -0.3 is 10.2 Å². The van der Waals surface area contributed by atoms with Crippen LogP contribution in [0.2, 0.25) is 0 Å². The summed E-state index contributed by atoms with van der Waals surface area (Å²) in [4.78, 5) is 13.8. The van der Waals surface area contributed by atoms with Gasteiger partial charge in [0.1, 0.15) is 5.69 Å². The molecule has 0 atom stereocenters. The minimum absolute atomic E-state index is 0.0622. The van der Waals surface area contributed by atoms with Gasteiger partial charge in [-0.25, -0.2) is 8.42 Å². The Balaban J connectivity index is 1.51. The van der Waals surface area contributed by atoms with E-state index in [1.54, 1.807) is 7.05 Å². The van der Waals surface area contributed by atoms with Crippen molar-refractivity contribution in [3.05, 3.63) is 99.1 Å². The molecule has 1 saturated heterocycles. The molecule has 5 rings (SSSR count). The van der Waals surface area contributed by atoms with E-state index < -0.39 is 14.9 Å². The van der Waals surface area contributed by atoms with Crippen LogP contribution in [0.5, 0.6) is 0 Å². The Labute approximate surface area is 218 Å². The maximum atomic E-state index is 13.4. The first-order valence-corrected chi connectivity index (χ1v) is 14.1. The second-order valence-electron chi connectivity index (χ2n) is 9.97. The van der Waals surface area contributed by atoms with E-state index in [1.807, 2.05) is 31.3 Å². The van der Waals surface area contributed by atoms with Crippen molar-refractivity contribution in [1.82, 2.24) is 9.21 Å². The molecular weight excluding hydrogens is 488 g/mol. The second kappa shape index (κ2) is 10.2. The molecule has 1 aliphatic heterocycles. The van der Waals surface area contributed by atoms with Crippen LogP contribution >= 0.6 is 0 Å². The van der Waals surface area contributed by atoms with Gasteiger partial charge in [0.2, 0.25) is 10.0 Å². The summed E-state index contributed by atoms with van der Waals surface area (Å²) in [5.41, 5.74) is 4.57. The van der Waals surface area contributed by atoms with Gasteiger partial charge in [-0.2, -0.15) is 4.31 Å². The van der Waals surface area contributed by atoms with Crippen LogP contribution < -0.4 is 5.32 Å². The first-order chi connectivity index (χ1) is 17.8. The van der Waals surface area contributed by atoms with E-state index in [4.69, 9.17) is 0 Å². The molecule has 0 bridgehead atoms. The molecule has 194 valence electrons. The third-order valence-corrected chi connectivity index (χ3v) is 9.65. The zero-order chi connectivity index (χ0) is 26.2. The minimum atomic E-state index is -3.88. The molecule has 8 nitrogen and oxygen atoms in total. The number of nitro benzene ring substituents is 1. The standard InChI is InChI=1S/C28H32N4O4S/c1-30-17-15-22(16-18-30)31(2)37(35,36)23-13-14-26(27(19-23)32(33)34)29-28-24-9-5-3-7-20(24)11-12-21-8-4-6-10-25(21)28/h3-10,13-14,19,22,28-29H,11-12,15-18H2,1-2H3. The summed E-state index contributed by atoms with van der Waals surface area (Å²) >= 11 is 0. The SMILES string of the molecule is CN1CCC(N(C)S(=O)(=O)c2ccc(NC3c4ccccc4CCc4ccccc43)c([N+](=O)[O-])c2)CC1. The monoisotopic (exact) mass is 520 g/mol. The molecule has 9 heteroatoms. The molecule has 3 aromatic rings. The van der Waals surface area contributed by atoms with Gasteiger partial charge in [-0.3, -0.25) is 10.1 Å². The number of nitrogens with zero attached hydrogens (tertiary/aromatic N) is 3. The maximum absolute atomic E-state index is 13.4. The summed E-state index contributed by atoms with van der Waals surface area (Å²) < 4.78 is 28.2.